The summed E-state index contributed by atoms with van der Waals surface area (Å²) in [5.74, 6) is 0. The standard InChI is InChI=1S/C11H15ClO2S/c1-11(13-2,8-14-15-3)9-4-6-10(12)7-5-9/h4-7H,8H2,1-3H3. The van der Waals surface area contributed by atoms with Gasteiger partial charge in [-0.3, -0.25) is 0 Å². The van der Waals surface area contributed by atoms with Gasteiger partial charge < -0.3 is 8.92 Å². The largest absolute Gasteiger partial charge is 0.371 e. The van der Waals surface area contributed by atoms with Crippen LogP contribution in [-0.2, 0) is 14.5 Å². The quantitative estimate of drug-likeness (QED) is 0.741. The van der Waals surface area contributed by atoms with E-state index in [1.807, 2.05) is 37.4 Å². The van der Waals surface area contributed by atoms with E-state index >= 15 is 0 Å². The molecule has 15 heavy (non-hydrogen) atoms. The Balaban J connectivity index is 2.85. The van der Waals surface area contributed by atoms with Gasteiger partial charge in [-0.2, -0.15) is 0 Å². The second kappa shape index (κ2) is 5.75. The van der Waals surface area contributed by atoms with Crippen molar-refractivity contribution in [2.75, 3.05) is 20.0 Å². The molecule has 0 aliphatic carbocycles. The molecule has 1 rings (SSSR count). The molecule has 0 saturated carbocycles. The summed E-state index contributed by atoms with van der Waals surface area (Å²) in [4.78, 5) is 0. The maximum atomic E-state index is 5.83. The van der Waals surface area contributed by atoms with Gasteiger partial charge in [-0.25, -0.2) is 0 Å². The van der Waals surface area contributed by atoms with Crippen LogP contribution in [0.5, 0.6) is 0 Å². The Morgan fingerprint density at radius 3 is 2.40 bits per heavy atom. The highest BCUT2D eigenvalue weighted by atomic mass is 35.5. The van der Waals surface area contributed by atoms with Crippen LogP contribution in [0.1, 0.15) is 12.5 Å². The molecule has 0 N–H and O–H groups in total. The minimum Gasteiger partial charge on any atom is -0.371 e. The van der Waals surface area contributed by atoms with E-state index in [0.717, 1.165) is 10.6 Å². The first-order valence-electron chi connectivity index (χ1n) is 4.59. The molecular weight excluding hydrogens is 232 g/mol. The summed E-state index contributed by atoms with van der Waals surface area (Å²) < 4.78 is 10.8. The molecule has 0 fully saturated rings. The van der Waals surface area contributed by atoms with Gasteiger partial charge >= 0.3 is 0 Å². The van der Waals surface area contributed by atoms with E-state index in [9.17, 15) is 0 Å². The highest BCUT2D eigenvalue weighted by molar-refractivity contribution is 7.93. The van der Waals surface area contributed by atoms with E-state index in [0.29, 0.717) is 6.61 Å². The summed E-state index contributed by atoms with van der Waals surface area (Å²) in [5, 5.41) is 0.725. The van der Waals surface area contributed by atoms with Crippen molar-refractivity contribution in [2.45, 2.75) is 12.5 Å². The Morgan fingerprint density at radius 1 is 1.33 bits per heavy atom. The van der Waals surface area contributed by atoms with Crippen molar-refractivity contribution in [3.8, 4) is 0 Å². The molecule has 4 heteroatoms. The van der Waals surface area contributed by atoms with Crippen LogP contribution in [0.15, 0.2) is 24.3 Å². The van der Waals surface area contributed by atoms with Gasteiger partial charge in [0, 0.05) is 18.4 Å². The predicted molar refractivity (Wildman–Crippen MR) is 65.3 cm³/mol. The van der Waals surface area contributed by atoms with Crippen molar-refractivity contribution >= 4 is 23.6 Å². The number of rotatable bonds is 5. The molecule has 0 bridgehead atoms. The smallest absolute Gasteiger partial charge is 0.114 e. The number of methoxy groups -OCH3 is 1. The minimum atomic E-state index is -0.423. The molecule has 0 aromatic heterocycles. The van der Waals surface area contributed by atoms with Gasteiger partial charge in [0.2, 0.25) is 0 Å². The molecule has 1 unspecified atom stereocenters. The van der Waals surface area contributed by atoms with Gasteiger partial charge in [-0.15, -0.1) is 0 Å². The van der Waals surface area contributed by atoms with Gasteiger partial charge in [0.05, 0.1) is 6.61 Å². The van der Waals surface area contributed by atoms with Crippen molar-refractivity contribution < 1.29 is 8.92 Å². The van der Waals surface area contributed by atoms with Crippen LogP contribution in [0.3, 0.4) is 0 Å². The second-order valence-corrected chi connectivity index (χ2v) is 4.38. The summed E-state index contributed by atoms with van der Waals surface area (Å²) in [5.41, 5.74) is 0.636. The summed E-state index contributed by atoms with van der Waals surface area (Å²) >= 11 is 7.17. The lowest BCUT2D eigenvalue weighted by Gasteiger charge is -2.27. The fraction of sp³-hybridized carbons (Fsp3) is 0.455. The van der Waals surface area contributed by atoms with Gasteiger partial charge in [0.15, 0.2) is 0 Å². The fourth-order valence-electron chi connectivity index (χ4n) is 1.23. The molecule has 2 nitrogen and oxygen atoms in total. The SMILES string of the molecule is COC(C)(COSC)c1ccc(Cl)cc1. The maximum Gasteiger partial charge on any atom is 0.114 e. The third kappa shape index (κ3) is 3.38. The third-order valence-electron chi connectivity index (χ3n) is 2.36. The average Bonchev–Trinajstić information content (AvgIpc) is 2.27. The summed E-state index contributed by atoms with van der Waals surface area (Å²) in [6, 6.07) is 7.62. The number of hydrogen-bond acceptors (Lipinski definition) is 3. The Morgan fingerprint density at radius 2 is 1.93 bits per heavy atom. The summed E-state index contributed by atoms with van der Waals surface area (Å²) in [7, 11) is 1.68. The molecule has 1 aromatic rings. The highest BCUT2D eigenvalue weighted by Gasteiger charge is 2.26. The molecule has 1 atom stereocenters. The van der Waals surface area contributed by atoms with Crippen molar-refractivity contribution in [2.24, 2.45) is 0 Å². The Kier molecular flexibility index (Phi) is 4.93. The van der Waals surface area contributed by atoms with Crippen molar-refractivity contribution in [3.63, 3.8) is 0 Å². The van der Waals surface area contributed by atoms with Gasteiger partial charge in [0.1, 0.15) is 5.60 Å². The van der Waals surface area contributed by atoms with Gasteiger partial charge in [-0.05, 0) is 36.7 Å². The van der Waals surface area contributed by atoms with E-state index in [1.54, 1.807) is 7.11 Å². The van der Waals surface area contributed by atoms with Crippen LogP contribution in [0.4, 0.5) is 0 Å². The van der Waals surface area contributed by atoms with E-state index in [1.165, 1.54) is 12.0 Å². The first-order chi connectivity index (χ1) is 7.12. The lowest BCUT2D eigenvalue weighted by Crippen LogP contribution is -2.29. The molecule has 0 saturated heterocycles. The van der Waals surface area contributed by atoms with Gasteiger partial charge in [-0.1, -0.05) is 23.7 Å². The number of ether oxygens (including phenoxy) is 1. The molecule has 1 aromatic carbocycles. The zero-order chi connectivity index (χ0) is 11.3. The van der Waals surface area contributed by atoms with E-state index in [4.69, 9.17) is 20.5 Å². The van der Waals surface area contributed by atoms with Crippen LogP contribution >= 0.6 is 23.6 Å². The highest BCUT2D eigenvalue weighted by Crippen LogP contribution is 2.27. The van der Waals surface area contributed by atoms with E-state index in [-0.39, 0.29) is 0 Å². The van der Waals surface area contributed by atoms with Crippen LogP contribution in [-0.4, -0.2) is 20.0 Å². The Bertz CT molecular complexity index is 302. The van der Waals surface area contributed by atoms with Crippen molar-refractivity contribution in [1.82, 2.24) is 0 Å². The summed E-state index contributed by atoms with van der Waals surface area (Å²) in [6.45, 7) is 2.50. The zero-order valence-corrected chi connectivity index (χ0v) is 10.7. The maximum absolute atomic E-state index is 5.83. The molecule has 0 heterocycles. The lowest BCUT2D eigenvalue weighted by molar-refractivity contribution is -0.0294. The van der Waals surface area contributed by atoms with Crippen molar-refractivity contribution in [3.05, 3.63) is 34.9 Å². The molecule has 0 aliphatic rings. The third-order valence-corrected chi connectivity index (χ3v) is 2.96. The van der Waals surface area contributed by atoms with Crippen LogP contribution in [0.2, 0.25) is 5.02 Å². The van der Waals surface area contributed by atoms with Crippen LogP contribution < -0.4 is 0 Å². The zero-order valence-electron chi connectivity index (χ0n) is 9.12. The lowest BCUT2D eigenvalue weighted by atomic mass is 9.97. The molecule has 0 spiro atoms. The van der Waals surface area contributed by atoms with E-state index in [2.05, 4.69) is 0 Å². The van der Waals surface area contributed by atoms with Crippen molar-refractivity contribution in [1.29, 1.82) is 0 Å². The number of benzene rings is 1. The second-order valence-electron chi connectivity index (χ2n) is 3.37. The van der Waals surface area contributed by atoms with Crippen LogP contribution in [0, 0.1) is 0 Å². The molecule has 0 amide bonds. The topological polar surface area (TPSA) is 18.5 Å². The molecular formula is C11H15ClO2S. The number of hydrogen-bond donors (Lipinski definition) is 0. The fourth-order valence-corrected chi connectivity index (χ4v) is 1.70. The van der Waals surface area contributed by atoms with Crippen LogP contribution in [0.25, 0.3) is 0 Å². The first kappa shape index (κ1) is 12.8. The molecule has 0 aliphatic heterocycles. The normalized spacial score (nSPS) is 14.9. The average molecular weight is 247 g/mol. The predicted octanol–water partition coefficient (Wildman–Crippen LogP) is 3.50. The monoisotopic (exact) mass is 246 g/mol. The summed E-state index contributed by atoms with van der Waals surface area (Å²) in [6.07, 6.45) is 1.89. The number of halogens is 1. The molecule has 84 valence electrons. The Hall–Kier alpha value is -0.220. The molecule has 0 radical (unpaired) electrons. The Labute approximate surface area is 100 Å². The van der Waals surface area contributed by atoms with Gasteiger partial charge in [0.25, 0.3) is 0 Å². The van der Waals surface area contributed by atoms with E-state index < -0.39 is 5.60 Å². The minimum absolute atomic E-state index is 0.423. The first-order valence-corrected chi connectivity index (χ1v) is 6.12.